The number of ether oxygens (including phenoxy) is 1. The minimum Gasteiger partial charge on any atom is -0.382 e. The third-order valence-electron chi connectivity index (χ3n) is 5.16. The first-order chi connectivity index (χ1) is 12.2. The number of hydrogen-bond acceptors (Lipinski definition) is 4. The zero-order chi connectivity index (χ0) is 18.0. The zero-order valence-corrected chi connectivity index (χ0v) is 16.1. The third kappa shape index (κ3) is 5.99. The normalized spacial score (nSPS) is 17.0. The number of nitrogens with one attached hydrogen (secondary N) is 2. The standard InChI is InChI=1S/C18H34N6O/c1-4-16-23-22-15-24(16)12-11-20-17(19-3)21-14-18(8-6-7-9-18)10-13-25-5-2/h15H,4-14H2,1-3H3,(H2,19,20,21). The van der Waals surface area contributed by atoms with Crippen LogP contribution in [-0.2, 0) is 17.7 Å². The van der Waals surface area contributed by atoms with Crippen LogP contribution in [0, 0.1) is 5.41 Å². The minimum absolute atomic E-state index is 0.358. The maximum Gasteiger partial charge on any atom is 0.191 e. The van der Waals surface area contributed by atoms with E-state index in [1.165, 1.54) is 25.7 Å². The van der Waals surface area contributed by atoms with Gasteiger partial charge in [0.15, 0.2) is 5.96 Å². The summed E-state index contributed by atoms with van der Waals surface area (Å²) in [5.41, 5.74) is 0.358. The van der Waals surface area contributed by atoms with Gasteiger partial charge in [0.25, 0.3) is 0 Å². The number of aromatic nitrogens is 3. The molecule has 1 saturated carbocycles. The van der Waals surface area contributed by atoms with Crippen LogP contribution in [0.5, 0.6) is 0 Å². The largest absolute Gasteiger partial charge is 0.382 e. The van der Waals surface area contributed by atoms with Gasteiger partial charge >= 0.3 is 0 Å². The lowest BCUT2D eigenvalue weighted by molar-refractivity contribution is 0.105. The number of aryl methyl sites for hydroxylation is 1. The Kier molecular flexibility index (Phi) is 8.18. The molecule has 0 aliphatic heterocycles. The monoisotopic (exact) mass is 350 g/mol. The molecule has 0 spiro atoms. The van der Waals surface area contributed by atoms with Crippen LogP contribution in [0.25, 0.3) is 0 Å². The number of hydrogen-bond donors (Lipinski definition) is 2. The van der Waals surface area contributed by atoms with E-state index in [1.54, 1.807) is 6.33 Å². The highest BCUT2D eigenvalue weighted by Gasteiger charge is 2.33. The molecule has 7 heteroatoms. The molecule has 0 aromatic carbocycles. The van der Waals surface area contributed by atoms with Gasteiger partial charge in [0.05, 0.1) is 0 Å². The molecule has 25 heavy (non-hydrogen) atoms. The van der Waals surface area contributed by atoms with Gasteiger partial charge in [-0.1, -0.05) is 19.8 Å². The van der Waals surface area contributed by atoms with Crippen molar-refractivity contribution in [3.8, 4) is 0 Å². The van der Waals surface area contributed by atoms with Crippen molar-refractivity contribution in [3.05, 3.63) is 12.2 Å². The van der Waals surface area contributed by atoms with Gasteiger partial charge in [-0.3, -0.25) is 4.99 Å². The Balaban J connectivity index is 1.76. The van der Waals surface area contributed by atoms with Crippen molar-refractivity contribution in [1.29, 1.82) is 0 Å². The first kappa shape index (κ1) is 19.7. The summed E-state index contributed by atoms with van der Waals surface area (Å²) in [6.07, 6.45) is 9.04. The molecule has 1 aliphatic carbocycles. The Morgan fingerprint density at radius 1 is 1.32 bits per heavy atom. The molecule has 0 unspecified atom stereocenters. The average molecular weight is 351 g/mol. The van der Waals surface area contributed by atoms with Gasteiger partial charge in [0.2, 0.25) is 0 Å². The fourth-order valence-electron chi connectivity index (χ4n) is 3.60. The quantitative estimate of drug-likeness (QED) is 0.383. The Morgan fingerprint density at radius 2 is 2.12 bits per heavy atom. The molecule has 0 atom stereocenters. The maximum absolute atomic E-state index is 5.59. The van der Waals surface area contributed by atoms with Gasteiger partial charge in [0, 0.05) is 46.3 Å². The summed E-state index contributed by atoms with van der Waals surface area (Å²) in [7, 11) is 1.83. The molecule has 0 bridgehead atoms. The third-order valence-corrected chi connectivity index (χ3v) is 5.16. The molecule has 0 saturated heterocycles. The molecule has 2 N–H and O–H groups in total. The molecule has 1 aromatic rings. The number of nitrogens with zero attached hydrogens (tertiary/aromatic N) is 4. The molecule has 1 aromatic heterocycles. The second-order valence-corrected chi connectivity index (χ2v) is 6.80. The van der Waals surface area contributed by atoms with E-state index in [9.17, 15) is 0 Å². The van der Waals surface area contributed by atoms with Crippen LogP contribution in [0.4, 0.5) is 0 Å². The van der Waals surface area contributed by atoms with Crippen molar-refractivity contribution in [2.24, 2.45) is 10.4 Å². The van der Waals surface area contributed by atoms with Crippen LogP contribution in [0.2, 0.25) is 0 Å². The van der Waals surface area contributed by atoms with E-state index >= 15 is 0 Å². The summed E-state index contributed by atoms with van der Waals surface area (Å²) in [6, 6.07) is 0. The van der Waals surface area contributed by atoms with Gasteiger partial charge in [-0.25, -0.2) is 0 Å². The summed E-state index contributed by atoms with van der Waals surface area (Å²) >= 11 is 0. The van der Waals surface area contributed by atoms with Crippen LogP contribution in [0.3, 0.4) is 0 Å². The number of guanidine groups is 1. The van der Waals surface area contributed by atoms with Crippen LogP contribution >= 0.6 is 0 Å². The molecule has 0 amide bonds. The van der Waals surface area contributed by atoms with Gasteiger partial charge in [-0.2, -0.15) is 0 Å². The SMILES string of the molecule is CCOCCC1(CNC(=NC)NCCn2cnnc2CC)CCCC1. The highest BCUT2D eigenvalue weighted by atomic mass is 16.5. The van der Waals surface area contributed by atoms with Crippen molar-refractivity contribution >= 4 is 5.96 Å². The van der Waals surface area contributed by atoms with Crippen LogP contribution in [0.15, 0.2) is 11.3 Å². The molecule has 7 nitrogen and oxygen atoms in total. The highest BCUT2D eigenvalue weighted by Crippen LogP contribution is 2.40. The molecule has 2 rings (SSSR count). The molecular formula is C18H34N6O. The van der Waals surface area contributed by atoms with Gasteiger partial charge in [-0.15, -0.1) is 10.2 Å². The summed E-state index contributed by atoms with van der Waals surface area (Å²) in [5.74, 6) is 1.89. The average Bonchev–Trinajstić information content (AvgIpc) is 3.28. The predicted octanol–water partition coefficient (Wildman–Crippen LogP) is 1.99. The minimum atomic E-state index is 0.358. The van der Waals surface area contributed by atoms with Gasteiger partial charge < -0.3 is 19.9 Å². The number of aliphatic imine (C=N–C) groups is 1. The number of rotatable bonds is 10. The molecule has 1 heterocycles. The van der Waals surface area contributed by atoms with E-state index in [1.807, 2.05) is 7.05 Å². The first-order valence-corrected chi connectivity index (χ1v) is 9.62. The van der Waals surface area contributed by atoms with E-state index in [-0.39, 0.29) is 0 Å². The molecule has 1 fully saturated rings. The van der Waals surface area contributed by atoms with Crippen molar-refractivity contribution < 1.29 is 4.74 Å². The van der Waals surface area contributed by atoms with Crippen LogP contribution in [-0.4, -0.2) is 54.1 Å². The summed E-state index contributed by atoms with van der Waals surface area (Å²) in [4.78, 5) is 4.36. The highest BCUT2D eigenvalue weighted by molar-refractivity contribution is 5.79. The van der Waals surface area contributed by atoms with Gasteiger partial charge in [-0.05, 0) is 31.6 Å². The van der Waals surface area contributed by atoms with Crippen molar-refractivity contribution in [2.45, 2.75) is 58.9 Å². The van der Waals surface area contributed by atoms with Crippen molar-refractivity contribution in [3.63, 3.8) is 0 Å². The second-order valence-electron chi connectivity index (χ2n) is 6.80. The van der Waals surface area contributed by atoms with E-state index in [4.69, 9.17) is 4.74 Å². The maximum atomic E-state index is 5.59. The Hall–Kier alpha value is -1.63. The fraction of sp³-hybridized carbons (Fsp3) is 0.833. The lowest BCUT2D eigenvalue weighted by Gasteiger charge is -2.30. The molecule has 0 radical (unpaired) electrons. The lowest BCUT2D eigenvalue weighted by atomic mass is 9.83. The van der Waals surface area contributed by atoms with Crippen LogP contribution < -0.4 is 10.6 Å². The Morgan fingerprint density at radius 3 is 2.80 bits per heavy atom. The summed E-state index contributed by atoms with van der Waals surface area (Å²) < 4.78 is 7.68. The fourth-order valence-corrected chi connectivity index (χ4v) is 3.60. The van der Waals surface area contributed by atoms with Crippen LogP contribution in [0.1, 0.15) is 51.8 Å². The van der Waals surface area contributed by atoms with Gasteiger partial charge in [0.1, 0.15) is 12.2 Å². The molecular weight excluding hydrogens is 316 g/mol. The topological polar surface area (TPSA) is 76.4 Å². The van der Waals surface area contributed by atoms with Crippen molar-refractivity contribution in [2.75, 3.05) is 33.4 Å². The van der Waals surface area contributed by atoms with E-state index in [0.29, 0.717) is 5.41 Å². The van der Waals surface area contributed by atoms with E-state index in [2.05, 4.69) is 44.2 Å². The second kappa shape index (κ2) is 10.4. The smallest absolute Gasteiger partial charge is 0.191 e. The molecule has 142 valence electrons. The predicted molar refractivity (Wildman–Crippen MR) is 101 cm³/mol. The zero-order valence-electron chi connectivity index (χ0n) is 16.1. The Labute approximate surface area is 151 Å². The van der Waals surface area contributed by atoms with E-state index < -0.39 is 0 Å². The lowest BCUT2D eigenvalue weighted by Crippen LogP contribution is -2.44. The van der Waals surface area contributed by atoms with Crippen molar-refractivity contribution in [1.82, 2.24) is 25.4 Å². The summed E-state index contributed by atoms with van der Waals surface area (Å²) in [6.45, 7) is 8.42. The van der Waals surface area contributed by atoms with E-state index in [0.717, 1.165) is 57.5 Å². The molecule has 1 aliphatic rings. The Bertz CT molecular complexity index is 521. The summed E-state index contributed by atoms with van der Waals surface area (Å²) in [5, 5.41) is 15.0. The first-order valence-electron chi connectivity index (χ1n) is 9.62.